The molecule has 2 atom stereocenters. The second-order valence-electron chi connectivity index (χ2n) is 4.16. The van der Waals surface area contributed by atoms with Crippen molar-refractivity contribution in [3.63, 3.8) is 0 Å². The van der Waals surface area contributed by atoms with Gasteiger partial charge in [0, 0.05) is 0 Å². The van der Waals surface area contributed by atoms with Gasteiger partial charge in [-0.1, -0.05) is 13.0 Å². The molecule has 15 heavy (non-hydrogen) atoms. The molecule has 1 aromatic carbocycles. The molecule has 0 radical (unpaired) electrons. The lowest BCUT2D eigenvalue weighted by atomic mass is 9.89. The molecule has 2 rings (SSSR count). The van der Waals surface area contributed by atoms with Gasteiger partial charge in [0.05, 0.1) is 5.92 Å². The number of rotatable bonds is 2. The minimum Gasteiger partial charge on any atom is -0.508 e. The first-order chi connectivity index (χ1) is 7.09. The Kier molecular flexibility index (Phi) is 2.39. The maximum Gasteiger partial charge on any atom is 0.306 e. The molecule has 0 amide bonds. The van der Waals surface area contributed by atoms with Gasteiger partial charge in [0.2, 0.25) is 0 Å². The number of aromatic hydroxyl groups is 1. The molecule has 1 aromatic rings. The van der Waals surface area contributed by atoms with E-state index in [1.807, 2.05) is 6.07 Å². The number of carboxylic acids is 1. The fourth-order valence-electron chi connectivity index (χ4n) is 2.33. The average molecular weight is 206 g/mol. The summed E-state index contributed by atoms with van der Waals surface area (Å²) in [5, 5.41) is 18.3. The highest BCUT2D eigenvalue weighted by Crippen LogP contribution is 2.39. The summed E-state index contributed by atoms with van der Waals surface area (Å²) in [5.41, 5.74) is 2.18. The molecule has 0 saturated carbocycles. The number of aliphatic carboxylic acids is 1. The van der Waals surface area contributed by atoms with Crippen LogP contribution < -0.4 is 0 Å². The van der Waals surface area contributed by atoms with Crippen molar-refractivity contribution >= 4 is 5.97 Å². The monoisotopic (exact) mass is 206 g/mol. The summed E-state index contributed by atoms with van der Waals surface area (Å²) in [4.78, 5) is 10.9. The first-order valence-corrected chi connectivity index (χ1v) is 5.14. The number of carbonyl (C=O) groups is 1. The normalized spacial score (nSPS) is 21.0. The van der Waals surface area contributed by atoms with E-state index >= 15 is 0 Å². The van der Waals surface area contributed by atoms with Crippen LogP contribution >= 0.6 is 0 Å². The van der Waals surface area contributed by atoms with Crippen LogP contribution in [-0.4, -0.2) is 16.2 Å². The van der Waals surface area contributed by atoms with E-state index in [-0.39, 0.29) is 17.6 Å². The van der Waals surface area contributed by atoms with Crippen molar-refractivity contribution < 1.29 is 15.0 Å². The van der Waals surface area contributed by atoms with Crippen LogP contribution in [0.2, 0.25) is 0 Å². The van der Waals surface area contributed by atoms with Crippen LogP contribution in [0.3, 0.4) is 0 Å². The Labute approximate surface area is 88.4 Å². The van der Waals surface area contributed by atoms with Gasteiger partial charge in [-0.15, -0.1) is 0 Å². The Bertz CT molecular complexity index is 398. The zero-order chi connectivity index (χ0) is 11.0. The first kappa shape index (κ1) is 10.0. The Balaban J connectivity index is 2.32. The highest BCUT2D eigenvalue weighted by molar-refractivity contribution is 5.71. The first-order valence-electron chi connectivity index (χ1n) is 5.14. The van der Waals surface area contributed by atoms with Crippen molar-refractivity contribution in [3.05, 3.63) is 29.3 Å². The third-order valence-corrected chi connectivity index (χ3v) is 3.24. The minimum absolute atomic E-state index is 0.0955. The van der Waals surface area contributed by atoms with Crippen LogP contribution in [-0.2, 0) is 11.2 Å². The van der Waals surface area contributed by atoms with Crippen LogP contribution in [0, 0.1) is 5.92 Å². The summed E-state index contributed by atoms with van der Waals surface area (Å²) in [6.45, 7) is 1.74. The highest BCUT2D eigenvalue weighted by atomic mass is 16.4. The zero-order valence-electron chi connectivity index (χ0n) is 8.60. The summed E-state index contributed by atoms with van der Waals surface area (Å²) in [6.07, 6.45) is 1.73. The smallest absolute Gasteiger partial charge is 0.306 e. The predicted molar refractivity (Wildman–Crippen MR) is 56.0 cm³/mol. The van der Waals surface area contributed by atoms with E-state index in [1.165, 1.54) is 0 Å². The molecule has 0 bridgehead atoms. The maximum absolute atomic E-state index is 10.9. The second-order valence-corrected chi connectivity index (χ2v) is 4.16. The average Bonchev–Trinajstić information content (AvgIpc) is 2.59. The second kappa shape index (κ2) is 3.57. The van der Waals surface area contributed by atoms with E-state index in [4.69, 9.17) is 5.11 Å². The molecule has 0 aromatic heterocycles. The predicted octanol–water partition coefficient (Wildman–Crippen LogP) is 2.14. The van der Waals surface area contributed by atoms with E-state index < -0.39 is 5.97 Å². The van der Waals surface area contributed by atoms with Gasteiger partial charge in [-0.05, 0) is 42.0 Å². The minimum atomic E-state index is -0.749. The molecular formula is C12H14O3. The van der Waals surface area contributed by atoms with Crippen molar-refractivity contribution in [1.82, 2.24) is 0 Å². The van der Waals surface area contributed by atoms with Gasteiger partial charge >= 0.3 is 5.97 Å². The molecule has 0 unspecified atom stereocenters. The van der Waals surface area contributed by atoms with Gasteiger partial charge in [0.15, 0.2) is 0 Å². The molecule has 1 aliphatic carbocycles. The topological polar surface area (TPSA) is 57.5 Å². The van der Waals surface area contributed by atoms with Crippen molar-refractivity contribution in [2.45, 2.75) is 25.7 Å². The highest BCUT2D eigenvalue weighted by Gasteiger charge is 2.31. The quantitative estimate of drug-likeness (QED) is 0.779. The summed E-state index contributed by atoms with van der Waals surface area (Å²) in [5.74, 6) is -0.743. The zero-order valence-corrected chi connectivity index (χ0v) is 8.60. The van der Waals surface area contributed by atoms with Crippen molar-refractivity contribution in [2.75, 3.05) is 0 Å². The molecule has 0 heterocycles. The van der Waals surface area contributed by atoms with Gasteiger partial charge in [-0.2, -0.15) is 0 Å². The number of benzene rings is 1. The van der Waals surface area contributed by atoms with Crippen LogP contribution in [0.15, 0.2) is 18.2 Å². The lowest BCUT2D eigenvalue weighted by Crippen LogP contribution is -2.17. The molecule has 0 fully saturated rings. The van der Waals surface area contributed by atoms with Gasteiger partial charge < -0.3 is 10.2 Å². The molecule has 3 nitrogen and oxygen atoms in total. The molecular weight excluding hydrogens is 192 g/mol. The largest absolute Gasteiger partial charge is 0.508 e. The van der Waals surface area contributed by atoms with Crippen LogP contribution in [0.1, 0.15) is 30.4 Å². The van der Waals surface area contributed by atoms with Gasteiger partial charge in [-0.25, -0.2) is 0 Å². The Morgan fingerprint density at radius 3 is 2.93 bits per heavy atom. The van der Waals surface area contributed by atoms with Crippen LogP contribution in [0.25, 0.3) is 0 Å². The van der Waals surface area contributed by atoms with Gasteiger partial charge in [0.1, 0.15) is 5.75 Å². The van der Waals surface area contributed by atoms with E-state index in [1.54, 1.807) is 19.1 Å². The number of fused-ring (bicyclic) bond motifs is 1. The van der Waals surface area contributed by atoms with E-state index in [9.17, 15) is 9.90 Å². The van der Waals surface area contributed by atoms with Gasteiger partial charge in [-0.3, -0.25) is 4.79 Å². The number of hydrogen-bond acceptors (Lipinski definition) is 2. The molecule has 1 aliphatic rings. The van der Waals surface area contributed by atoms with Crippen LogP contribution in [0.5, 0.6) is 5.75 Å². The molecule has 2 N–H and O–H groups in total. The van der Waals surface area contributed by atoms with E-state index in [0.717, 1.165) is 24.0 Å². The molecule has 3 heteroatoms. The van der Waals surface area contributed by atoms with E-state index in [2.05, 4.69) is 0 Å². The van der Waals surface area contributed by atoms with Crippen molar-refractivity contribution in [1.29, 1.82) is 0 Å². The standard InChI is InChI=1S/C12H14O3/c1-7(12(14)15)10-4-2-8-6-9(13)3-5-11(8)10/h3,5-7,10,13H,2,4H2,1H3,(H,14,15)/t7-,10-/m0/s1. The summed E-state index contributed by atoms with van der Waals surface area (Å²) in [7, 11) is 0. The number of phenols is 1. The number of phenolic OH excluding ortho intramolecular Hbond substituents is 1. The molecule has 80 valence electrons. The summed E-state index contributed by atoms with van der Waals surface area (Å²) >= 11 is 0. The Hall–Kier alpha value is -1.51. The number of hydrogen-bond donors (Lipinski definition) is 2. The molecule has 0 saturated heterocycles. The lowest BCUT2D eigenvalue weighted by molar-refractivity contribution is -0.141. The molecule has 0 spiro atoms. The van der Waals surface area contributed by atoms with E-state index in [0.29, 0.717) is 0 Å². The number of aryl methyl sites for hydroxylation is 1. The summed E-state index contributed by atoms with van der Waals surface area (Å²) < 4.78 is 0. The van der Waals surface area contributed by atoms with Crippen molar-refractivity contribution in [2.24, 2.45) is 5.92 Å². The third-order valence-electron chi connectivity index (χ3n) is 3.24. The molecule has 0 aliphatic heterocycles. The Morgan fingerprint density at radius 1 is 1.53 bits per heavy atom. The number of carboxylic acid groups (broad SMARTS) is 1. The summed E-state index contributed by atoms with van der Waals surface area (Å²) in [6, 6.07) is 5.22. The third kappa shape index (κ3) is 1.69. The SMILES string of the molecule is C[C@H](C(=O)O)[C@@H]1CCc2cc(O)ccc21. The fraction of sp³-hybridized carbons (Fsp3) is 0.417. The van der Waals surface area contributed by atoms with Gasteiger partial charge in [0.25, 0.3) is 0 Å². The maximum atomic E-state index is 10.9. The van der Waals surface area contributed by atoms with Crippen molar-refractivity contribution in [3.8, 4) is 5.75 Å². The fourth-order valence-corrected chi connectivity index (χ4v) is 2.33. The Morgan fingerprint density at radius 2 is 2.27 bits per heavy atom. The lowest BCUT2D eigenvalue weighted by Gasteiger charge is -2.15. The van der Waals surface area contributed by atoms with Crippen LogP contribution in [0.4, 0.5) is 0 Å².